The van der Waals surface area contributed by atoms with Gasteiger partial charge in [0.25, 0.3) is 0 Å². The van der Waals surface area contributed by atoms with Gasteiger partial charge in [0.15, 0.2) is 0 Å². The van der Waals surface area contributed by atoms with E-state index in [0.717, 1.165) is 23.8 Å². The summed E-state index contributed by atoms with van der Waals surface area (Å²) in [7, 11) is 0. The van der Waals surface area contributed by atoms with E-state index in [0.29, 0.717) is 0 Å². The first-order valence-corrected chi connectivity index (χ1v) is 8.65. The zero-order valence-corrected chi connectivity index (χ0v) is 13.3. The summed E-state index contributed by atoms with van der Waals surface area (Å²) in [5.74, 6) is 2.73. The van der Waals surface area contributed by atoms with Crippen molar-refractivity contribution in [3.05, 3.63) is 0 Å². The van der Waals surface area contributed by atoms with Crippen LogP contribution in [-0.2, 0) is 0 Å². The summed E-state index contributed by atoms with van der Waals surface area (Å²) in [6, 6.07) is 0.852. The molecule has 2 heteroatoms. The van der Waals surface area contributed by atoms with Gasteiger partial charge in [-0.3, -0.25) is 4.90 Å². The molecule has 4 atom stereocenters. The van der Waals surface area contributed by atoms with E-state index in [4.69, 9.17) is 0 Å². The summed E-state index contributed by atoms with van der Waals surface area (Å²) in [4.78, 5) is 2.85. The van der Waals surface area contributed by atoms with Crippen molar-refractivity contribution >= 4 is 0 Å². The molecule has 0 bridgehead atoms. The standard InChI is InChI=1S/C17H34N2/c1-4-10-19(13-16-6-5-9-18-12-16)17-11-14(2)7-8-15(17)3/h14-18H,4-13H2,1-3H3. The van der Waals surface area contributed by atoms with Gasteiger partial charge in [-0.2, -0.15) is 0 Å². The van der Waals surface area contributed by atoms with E-state index in [2.05, 4.69) is 31.0 Å². The molecule has 1 aliphatic carbocycles. The second kappa shape index (κ2) is 7.64. The second-order valence-electron chi connectivity index (χ2n) is 7.17. The van der Waals surface area contributed by atoms with Gasteiger partial charge in [0.1, 0.15) is 0 Å². The van der Waals surface area contributed by atoms with Gasteiger partial charge in [0.2, 0.25) is 0 Å². The first kappa shape index (κ1) is 15.3. The van der Waals surface area contributed by atoms with Crippen molar-refractivity contribution in [2.75, 3.05) is 26.2 Å². The summed E-state index contributed by atoms with van der Waals surface area (Å²) in [6.45, 7) is 12.4. The SMILES string of the molecule is CCCN(CC1CCCNC1)C1CC(C)CCC1C. The Hall–Kier alpha value is -0.0800. The van der Waals surface area contributed by atoms with Gasteiger partial charge in [0, 0.05) is 12.6 Å². The third-order valence-electron chi connectivity index (χ3n) is 5.29. The predicted molar refractivity (Wildman–Crippen MR) is 83.4 cm³/mol. The quantitative estimate of drug-likeness (QED) is 0.819. The average molecular weight is 266 g/mol. The second-order valence-corrected chi connectivity index (χ2v) is 7.17. The maximum absolute atomic E-state index is 3.58. The molecule has 112 valence electrons. The van der Waals surface area contributed by atoms with Crippen molar-refractivity contribution < 1.29 is 0 Å². The minimum absolute atomic E-state index is 0.852. The molecule has 0 aromatic carbocycles. The van der Waals surface area contributed by atoms with Crippen molar-refractivity contribution in [3.8, 4) is 0 Å². The number of nitrogens with zero attached hydrogens (tertiary/aromatic N) is 1. The van der Waals surface area contributed by atoms with Gasteiger partial charge in [-0.25, -0.2) is 0 Å². The van der Waals surface area contributed by atoms with Crippen molar-refractivity contribution in [1.82, 2.24) is 10.2 Å². The van der Waals surface area contributed by atoms with Crippen LogP contribution in [0.5, 0.6) is 0 Å². The lowest BCUT2D eigenvalue weighted by Gasteiger charge is -2.42. The van der Waals surface area contributed by atoms with E-state index >= 15 is 0 Å². The lowest BCUT2D eigenvalue weighted by Crippen LogP contribution is -2.47. The van der Waals surface area contributed by atoms with E-state index in [1.54, 1.807) is 0 Å². The smallest absolute Gasteiger partial charge is 0.0123 e. The first-order valence-electron chi connectivity index (χ1n) is 8.65. The van der Waals surface area contributed by atoms with Crippen LogP contribution in [0.1, 0.15) is 59.3 Å². The zero-order valence-electron chi connectivity index (χ0n) is 13.3. The maximum Gasteiger partial charge on any atom is 0.0123 e. The highest BCUT2D eigenvalue weighted by Crippen LogP contribution is 2.32. The third kappa shape index (κ3) is 4.46. The molecular weight excluding hydrogens is 232 g/mol. The molecule has 0 aromatic heterocycles. The number of piperidine rings is 1. The first-order chi connectivity index (χ1) is 9.20. The minimum Gasteiger partial charge on any atom is -0.316 e. The fraction of sp³-hybridized carbons (Fsp3) is 1.00. The van der Waals surface area contributed by atoms with E-state index in [1.807, 2.05) is 0 Å². The van der Waals surface area contributed by atoms with Gasteiger partial charge in [0.05, 0.1) is 0 Å². The molecule has 2 nitrogen and oxygen atoms in total. The summed E-state index contributed by atoms with van der Waals surface area (Å²) in [6.07, 6.45) is 8.43. The molecule has 4 unspecified atom stereocenters. The fourth-order valence-electron chi connectivity index (χ4n) is 4.10. The van der Waals surface area contributed by atoms with Crippen molar-refractivity contribution in [1.29, 1.82) is 0 Å². The average Bonchev–Trinajstić information content (AvgIpc) is 2.42. The number of rotatable bonds is 5. The van der Waals surface area contributed by atoms with E-state index in [1.165, 1.54) is 64.7 Å². The molecule has 1 heterocycles. The van der Waals surface area contributed by atoms with Crippen LogP contribution in [0.15, 0.2) is 0 Å². The van der Waals surface area contributed by atoms with Crippen LogP contribution < -0.4 is 5.32 Å². The Labute approximate surface area is 120 Å². The van der Waals surface area contributed by atoms with Crippen molar-refractivity contribution in [3.63, 3.8) is 0 Å². The highest BCUT2D eigenvalue weighted by atomic mass is 15.2. The zero-order chi connectivity index (χ0) is 13.7. The van der Waals surface area contributed by atoms with E-state index in [9.17, 15) is 0 Å². The normalized spacial score (nSPS) is 36.6. The van der Waals surface area contributed by atoms with Crippen LogP contribution in [0.2, 0.25) is 0 Å². The maximum atomic E-state index is 3.58. The Balaban J connectivity index is 1.92. The Morgan fingerprint density at radius 1 is 1.16 bits per heavy atom. The molecule has 2 fully saturated rings. The van der Waals surface area contributed by atoms with Gasteiger partial charge >= 0.3 is 0 Å². The predicted octanol–water partition coefficient (Wildman–Crippen LogP) is 3.52. The van der Waals surface area contributed by atoms with Crippen LogP contribution >= 0.6 is 0 Å². The molecule has 2 aliphatic rings. The highest BCUT2D eigenvalue weighted by Gasteiger charge is 2.31. The molecule has 1 saturated carbocycles. The largest absolute Gasteiger partial charge is 0.316 e. The molecule has 1 aliphatic heterocycles. The molecule has 1 saturated heterocycles. The Kier molecular flexibility index (Phi) is 6.15. The molecule has 2 rings (SSSR count). The number of nitrogens with one attached hydrogen (secondary N) is 1. The van der Waals surface area contributed by atoms with Crippen LogP contribution in [0.3, 0.4) is 0 Å². The van der Waals surface area contributed by atoms with Gasteiger partial charge < -0.3 is 5.32 Å². The molecule has 0 radical (unpaired) electrons. The lowest BCUT2D eigenvalue weighted by atomic mass is 9.79. The van der Waals surface area contributed by atoms with Crippen molar-refractivity contribution in [2.45, 2.75) is 65.3 Å². The molecule has 0 amide bonds. The van der Waals surface area contributed by atoms with Crippen LogP contribution in [-0.4, -0.2) is 37.1 Å². The van der Waals surface area contributed by atoms with Crippen LogP contribution in [0, 0.1) is 17.8 Å². The Morgan fingerprint density at radius 3 is 2.68 bits per heavy atom. The third-order valence-corrected chi connectivity index (χ3v) is 5.29. The van der Waals surface area contributed by atoms with E-state index < -0.39 is 0 Å². The molecular formula is C17H34N2. The van der Waals surface area contributed by atoms with Crippen LogP contribution in [0.4, 0.5) is 0 Å². The van der Waals surface area contributed by atoms with Gasteiger partial charge in [-0.1, -0.05) is 27.2 Å². The summed E-state index contributed by atoms with van der Waals surface area (Å²) >= 11 is 0. The van der Waals surface area contributed by atoms with Gasteiger partial charge in [-0.05, 0) is 69.5 Å². The van der Waals surface area contributed by atoms with Crippen LogP contribution in [0.25, 0.3) is 0 Å². The molecule has 19 heavy (non-hydrogen) atoms. The summed E-state index contributed by atoms with van der Waals surface area (Å²) < 4.78 is 0. The van der Waals surface area contributed by atoms with E-state index in [-0.39, 0.29) is 0 Å². The Morgan fingerprint density at radius 2 is 2.00 bits per heavy atom. The molecule has 0 aromatic rings. The highest BCUT2D eigenvalue weighted by molar-refractivity contribution is 4.85. The summed E-state index contributed by atoms with van der Waals surface area (Å²) in [5, 5.41) is 3.58. The summed E-state index contributed by atoms with van der Waals surface area (Å²) in [5.41, 5.74) is 0. The Bertz CT molecular complexity index is 248. The molecule has 1 N–H and O–H groups in total. The molecule has 0 spiro atoms. The minimum atomic E-state index is 0.852. The van der Waals surface area contributed by atoms with Gasteiger partial charge in [-0.15, -0.1) is 0 Å². The topological polar surface area (TPSA) is 15.3 Å². The van der Waals surface area contributed by atoms with Crippen molar-refractivity contribution in [2.24, 2.45) is 17.8 Å². The lowest BCUT2D eigenvalue weighted by molar-refractivity contribution is 0.0715. The number of hydrogen-bond acceptors (Lipinski definition) is 2. The fourth-order valence-corrected chi connectivity index (χ4v) is 4.10. The number of hydrogen-bond donors (Lipinski definition) is 1. The monoisotopic (exact) mass is 266 g/mol.